The van der Waals surface area contributed by atoms with Crippen molar-refractivity contribution in [2.75, 3.05) is 26.5 Å². The van der Waals surface area contributed by atoms with Gasteiger partial charge in [0.15, 0.2) is 0 Å². The Balaban J connectivity index is 1.53. The van der Waals surface area contributed by atoms with Crippen LogP contribution in [0.1, 0.15) is 25.0 Å². The molecular weight excluding hydrogens is 302 g/mol. The van der Waals surface area contributed by atoms with Gasteiger partial charge in [-0.15, -0.1) is 0 Å². The van der Waals surface area contributed by atoms with Crippen LogP contribution in [-0.2, 0) is 16.6 Å². The van der Waals surface area contributed by atoms with E-state index in [0.29, 0.717) is 11.3 Å². The molecule has 0 radical (unpaired) electrons. The van der Waals surface area contributed by atoms with Gasteiger partial charge in [0.1, 0.15) is 0 Å². The lowest BCUT2D eigenvalue weighted by molar-refractivity contribution is 0.101. The second-order valence-electron chi connectivity index (χ2n) is 6.63. The molecule has 0 atom stereocenters. The Morgan fingerprint density at radius 2 is 2.23 bits per heavy atom. The van der Waals surface area contributed by atoms with Gasteiger partial charge in [-0.05, 0) is 37.3 Å². The first-order valence-corrected chi connectivity index (χ1v) is 9.46. The van der Waals surface area contributed by atoms with Crippen LogP contribution in [0.25, 0.3) is 0 Å². The Morgan fingerprint density at radius 3 is 2.91 bits per heavy atom. The fourth-order valence-electron chi connectivity index (χ4n) is 3.76. The topological polar surface area (TPSA) is 71.5 Å². The van der Waals surface area contributed by atoms with E-state index in [0.717, 1.165) is 44.6 Å². The first kappa shape index (κ1) is 15.7. The number of nitrogens with zero attached hydrogens (tertiary/aromatic N) is 2. The average Bonchev–Trinajstić information content (AvgIpc) is 2.81. The number of rotatable bonds is 5. The highest BCUT2D eigenvalue weighted by Gasteiger charge is 2.48. The minimum atomic E-state index is -3.09. The molecular formula is C15H23N3O3S. The summed E-state index contributed by atoms with van der Waals surface area (Å²) in [6.07, 6.45) is 4.26. The summed E-state index contributed by atoms with van der Waals surface area (Å²) in [7, 11) is -1.46. The number of ether oxygens (including phenoxy) is 1. The second-order valence-corrected chi connectivity index (χ2v) is 8.41. The van der Waals surface area contributed by atoms with E-state index in [2.05, 4.69) is 14.6 Å². The summed E-state index contributed by atoms with van der Waals surface area (Å²) in [5.41, 5.74) is 1.31. The minimum absolute atomic E-state index is 0.116. The molecule has 1 aliphatic heterocycles. The summed E-state index contributed by atoms with van der Waals surface area (Å²) in [6, 6.07) is 5.94. The van der Waals surface area contributed by atoms with Crippen LogP contribution in [0.15, 0.2) is 18.2 Å². The van der Waals surface area contributed by atoms with E-state index in [9.17, 15) is 8.42 Å². The van der Waals surface area contributed by atoms with E-state index in [1.165, 1.54) is 6.26 Å². The van der Waals surface area contributed by atoms with Crippen molar-refractivity contribution in [3.63, 3.8) is 0 Å². The minimum Gasteiger partial charge on any atom is -0.481 e. The Hall–Kier alpha value is -1.18. The van der Waals surface area contributed by atoms with Crippen molar-refractivity contribution in [3.05, 3.63) is 23.9 Å². The third-order valence-electron chi connectivity index (χ3n) is 4.63. The summed E-state index contributed by atoms with van der Waals surface area (Å²) >= 11 is 0. The Labute approximate surface area is 131 Å². The van der Waals surface area contributed by atoms with Gasteiger partial charge in [0.05, 0.1) is 19.1 Å². The number of hydrogen-bond donors (Lipinski definition) is 1. The highest BCUT2D eigenvalue weighted by Crippen LogP contribution is 2.48. The number of nitrogens with one attached hydrogen (secondary N) is 1. The fourth-order valence-corrected chi connectivity index (χ4v) is 4.53. The lowest BCUT2D eigenvalue weighted by Gasteiger charge is -2.45. The standard InChI is InChI=1S/C15H23N3O3S/c1-21-14-5-3-4-12(16-14)10-18-7-6-15(11-18)8-13(9-15)17-22(2,19)20/h3-5,13,17H,6-11H2,1-2H3. The van der Waals surface area contributed by atoms with Gasteiger partial charge in [-0.25, -0.2) is 18.1 Å². The summed E-state index contributed by atoms with van der Waals surface area (Å²) in [5, 5.41) is 0. The van der Waals surface area contributed by atoms with Crippen LogP contribution in [0.5, 0.6) is 5.88 Å². The molecule has 2 fully saturated rings. The highest BCUT2D eigenvalue weighted by molar-refractivity contribution is 7.88. The molecule has 0 aromatic carbocycles. The second kappa shape index (κ2) is 5.79. The number of aromatic nitrogens is 1. The van der Waals surface area contributed by atoms with Gasteiger partial charge in [-0.1, -0.05) is 6.07 Å². The monoisotopic (exact) mass is 325 g/mol. The zero-order chi connectivity index (χ0) is 15.8. The van der Waals surface area contributed by atoms with E-state index >= 15 is 0 Å². The lowest BCUT2D eigenvalue weighted by atomic mass is 9.65. The summed E-state index contributed by atoms with van der Waals surface area (Å²) in [5.74, 6) is 0.646. The van der Waals surface area contributed by atoms with Gasteiger partial charge in [-0.3, -0.25) is 4.90 Å². The summed E-state index contributed by atoms with van der Waals surface area (Å²) in [6.45, 7) is 2.89. The van der Waals surface area contributed by atoms with Gasteiger partial charge in [0, 0.05) is 25.2 Å². The first-order chi connectivity index (χ1) is 10.4. The highest BCUT2D eigenvalue weighted by atomic mass is 32.2. The van der Waals surface area contributed by atoms with E-state index in [1.807, 2.05) is 18.2 Å². The van der Waals surface area contributed by atoms with Gasteiger partial charge in [-0.2, -0.15) is 0 Å². The van der Waals surface area contributed by atoms with Crippen molar-refractivity contribution in [1.29, 1.82) is 0 Å². The molecule has 22 heavy (non-hydrogen) atoms. The molecule has 1 aromatic heterocycles. The number of methoxy groups -OCH3 is 1. The Bertz CT molecular complexity index is 641. The van der Waals surface area contributed by atoms with Crippen LogP contribution in [-0.4, -0.2) is 50.8 Å². The molecule has 1 N–H and O–H groups in total. The third-order valence-corrected chi connectivity index (χ3v) is 5.39. The molecule has 1 spiro atoms. The third kappa shape index (κ3) is 3.59. The molecule has 122 valence electrons. The average molecular weight is 325 g/mol. The first-order valence-electron chi connectivity index (χ1n) is 7.57. The predicted molar refractivity (Wildman–Crippen MR) is 84.1 cm³/mol. The largest absolute Gasteiger partial charge is 0.481 e. The van der Waals surface area contributed by atoms with Crippen LogP contribution in [0.2, 0.25) is 0 Å². The van der Waals surface area contributed by atoms with Crippen LogP contribution >= 0.6 is 0 Å². The van der Waals surface area contributed by atoms with E-state index in [4.69, 9.17) is 4.74 Å². The Kier molecular flexibility index (Phi) is 4.13. The summed E-state index contributed by atoms with van der Waals surface area (Å²) in [4.78, 5) is 6.86. The van der Waals surface area contributed by atoms with Crippen molar-refractivity contribution >= 4 is 10.0 Å². The number of hydrogen-bond acceptors (Lipinski definition) is 5. The van der Waals surface area contributed by atoms with E-state index in [1.54, 1.807) is 7.11 Å². The quantitative estimate of drug-likeness (QED) is 0.874. The van der Waals surface area contributed by atoms with Crippen LogP contribution in [0.3, 0.4) is 0 Å². The molecule has 1 aliphatic carbocycles. The number of pyridine rings is 1. The SMILES string of the molecule is COc1cccc(CN2CCC3(CC(NS(C)(=O)=O)C3)C2)n1. The molecule has 2 heterocycles. The molecule has 6 nitrogen and oxygen atoms in total. The van der Waals surface area contributed by atoms with E-state index in [-0.39, 0.29) is 6.04 Å². The van der Waals surface area contributed by atoms with Crippen LogP contribution in [0.4, 0.5) is 0 Å². The number of sulfonamides is 1. The van der Waals surface area contributed by atoms with Crippen molar-refractivity contribution in [1.82, 2.24) is 14.6 Å². The van der Waals surface area contributed by atoms with E-state index < -0.39 is 10.0 Å². The summed E-state index contributed by atoms with van der Waals surface area (Å²) < 4.78 is 30.4. The molecule has 1 aromatic rings. The molecule has 0 amide bonds. The van der Waals surface area contributed by atoms with Gasteiger partial charge < -0.3 is 4.74 Å². The smallest absolute Gasteiger partial charge is 0.213 e. The normalized spacial score (nSPS) is 28.7. The molecule has 3 rings (SSSR count). The predicted octanol–water partition coefficient (Wildman–Crippen LogP) is 0.994. The molecule has 0 unspecified atom stereocenters. The van der Waals surface area contributed by atoms with Crippen molar-refractivity contribution in [2.24, 2.45) is 5.41 Å². The van der Waals surface area contributed by atoms with Crippen molar-refractivity contribution in [3.8, 4) is 5.88 Å². The Morgan fingerprint density at radius 1 is 1.45 bits per heavy atom. The zero-order valence-corrected chi connectivity index (χ0v) is 13.9. The van der Waals surface area contributed by atoms with Gasteiger partial charge in [0.2, 0.25) is 15.9 Å². The maximum Gasteiger partial charge on any atom is 0.213 e. The fraction of sp³-hybridized carbons (Fsp3) is 0.667. The molecule has 0 bridgehead atoms. The molecule has 7 heteroatoms. The maximum absolute atomic E-state index is 11.3. The van der Waals surface area contributed by atoms with Crippen molar-refractivity contribution in [2.45, 2.75) is 31.8 Å². The van der Waals surface area contributed by atoms with Gasteiger partial charge in [0.25, 0.3) is 0 Å². The maximum atomic E-state index is 11.3. The molecule has 1 saturated heterocycles. The van der Waals surface area contributed by atoms with Crippen LogP contribution < -0.4 is 9.46 Å². The van der Waals surface area contributed by atoms with Gasteiger partial charge >= 0.3 is 0 Å². The molecule has 2 aliphatic rings. The van der Waals surface area contributed by atoms with Crippen molar-refractivity contribution < 1.29 is 13.2 Å². The number of likely N-dealkylation sites (tertiary alicyclic amines) is 1. The molecule has 1 saturated carbocycles. The zero-order valence-electron chi connectivity index (χ0n) is 13.1. The van der Waals surface area contributed by atoms with Crippen LogP contribution in [0, 0.1) is 5.41 Å². The lowest BCUT2D eigenvalue weighted by Crippen LogP contribution is -2.51.